The van der Waals surface area contributed by atoms with E-state index in [1.807, 2.05) is 0 Å². The van der Waals surface area contributed by atoms with Gasteiger partial charge in [0.25, 0.3) is 0 Å². The number of esters is 2. The van der Waals surface area contributed by atoms with E-state index in [0.29, 0.717) is 5.56 Å². The van der Waals surface area contributed by atoms with Crippen LogP contribution in [0.4, 0.5) is 0 Å². The molecule has 1 aromatic rings. The molecule has 0 spiro atoms. The third kappa shape index (κ3) is 4.09. The van der Waals surface area contributed by atoms with Crippen molar-refractivity contribution in [3.63, 3.8) is 0 Å². The topological polar surface area (TPSA) is 98.8 Å². The second-order valence-electron chi connectivity index (χ2n) is 6.20. The molecule has 0 aromatic heterocycles. The highest BCUT2D eigenvalue weighted by molar-refractivity contribution is 6.37. The van der Waals surface area contributed by atoms with Gasteiger partial charge in [0.2, 0.25) is 0 Å². The van der Waals surface area contributed by atoms with Crippen molar-refractivity contribution >= 4 is 46.8 Å². The predicted molar refractivity (Wildman–Crippen MR) is 98.0 cm³/mol. The molecule has 0 aliphatic heterocycles. The molecule has 2 rings (SSSR count). The van der Waals surface area contributed by atoms with Crippen molar-refractivity contribution in [2.24, 2.45) is 0 Å². The Morgan fingerprint density at radius 2 is 1.78 bits per heavy atom. The number of carbonyl (C=O) groups is 4. The van der Waals surface area contributed by atoms with Crippen LogP contribution in [0.15, 0.2) is 12.1 Å². The number of hydrogen-bond acceptors (Lipinski definition) is 6. The van der Waals surface area contributed by atoms with Crippen LogP contribution in [-0.2, 0) is 29.3 Å². The van der Waals surface area contributed by atoms with E-state index >= 15 is 0 Å². The van der Waals surface area contributed by atoms with Gasteiger partial charge in [0.15, 0.2) is 5.78 Å². The van der Waals surface area contributed by atoms with E-state index in [2.05, 4.69) is 10.1 Å². The van der Waals surface area contributed by atoms with Gasteiger partial charge in [0, 0.05) is 21.0 Å². The van der Waals surface area contributed by atoms with Crippen molar-refractivity contribution < 1.29 is 28.7 Å². The SMILES string of the molecule is CCOC(=O)CC1(C)c2c(Cl)cc(Cl)cc2C(=O)C1NC(=O)C(=O)OCC. The van der Waals surface area contributed by atoms with Crippen LogP contribution in [0.1, 0.15) is 43.1 Å². The van der Waals surface area contributed by atoms with Gasteiger partial charge in [0.1, 0.15) is 6.04 Å². The Hall–Kier alpha value is -2.12. The lowest BCUT2D eigenvalue weighted by Crippen LogP contribution is -2.52. The number of rotatable bonds is 5. The van der Waals surface area contributed by atoms with Gasteiger partial charge in [-0.1, -0.05) is 30.1 Å². The zero-order valence-corrected chi connectivity index (χ0v) is 16.6. The Kier molecular flexibility index (Phi) is 6.49. The third-order valence-electron chi connectivity index (χ3n) is 4.34. The van der Waals surface area contributed by atoms with Crippen LogP contribution >= 0.6 is 23.2 Å². The van der Waals surface area contributed by atoms with Gasteiger partial charge in [-0.2, -0.15) is 0 Å². The van der Waals surface area contributed by atoms with Crippen molar-refractivity contribution in [2.45, 2.75) is 38.6 Å². The Balaban J connectivity index is 2.49. The standard InChI is InChI=1S/C18H19Cl2NO6/c1-4-26-12(22)8-18(3)13-10(6-9(19)7-11(13)20)14(23)15(18)21-16(24)17(25)27-5-2/h6-7,15H,4-5,8H2,1-3H3,(H,21,24). The number of nitrogens with one attached hydrogen (secondary N) is 1. The molecule has 0 bridgehead atoms. The van der Waals surface area contributed by atoms with Gasteiger partial charge in [-0.25, -0.2) is 4.79 Å². The molecule has 0 saturated carbocycles. The van der Waals surface area contributed by atoms with E-state index in [9.17, 15) is 19.2 Å². The zero-order valence-electron chi connectivity index (χ0n) is 15.1. The first-order valence-corrected chi connectivity index (χ1v) is 9.08. The summed E-state index contributed by atoms with van der Waals surface area (Å²) in [6.07, 6.45) is -0.227. The fourth-order valence-corrected chi connectivity index (χ4v) is 3.96. The fourth-order valence-electron chi connectivity index (χ4n) is 3.25. The van der Waals surface area contributed by atoms with Gasteiger partial charge in [-0.05, 0) is 31.5 Å². The van der Waals surface area contributed by atoms with E-state index in [1.165, 1.54) is 12.1 Å². The molecule has 27 heavy (non-hydrogen) atoms. The van der Waals surface area contributed by atoms with E-state index in [-0.39, 0.29) is 35.2 Å². The quantitative estimate of drug-likeness (QED) is 0.585. The van der Waals surface area contributed by atoms with Gasteiger partial charge >= 0.3 is 17.8 Å². The minimum Gasteiger partial charge on any atom is -0.466 e. The highest BCUT2D eigenvalue weighted by Gasteiger charge is 2.52. The molecule has 1 N–H and O–H groups in total. The molecule has 1 amide bonds. The lowest BCUT2D eigenvalue weighted by molar-refractivity contribution is -0.155. The molecule has 2 atom stereocenters. The van der Waals surface area contributed by atoms with Crippen LogP contribution in [0.5, 0.6) is 0 Å². The summed E-state index contributed by atoms with van der Waals surface area (Å²) in [6, 6.07) is 1.67. The summed E-state index contributed by atoms with van der Waals surface area (Å²) in [5.41, 5.74) is -0.656. The lowest BCUT2D eigenvalue weighted by atomic mass is 9.77. The molecular weight excluding hydrogens is 397 g/mol. The minimum absolute atomic E-state index is 0.00657. The van der Waals surface area contributed by atoms with Gasteiger partial charge in [-0.3, -0.25) is 14.4 Å². The summed E-state index contributed by atoms with van der Waals surface area (Å²) in [5.74, 6) is -3.27. The van der Waals surface area contributed by atoms with Gasteiger partial charge in [-0.15, -0.1) is 0 Å². The first-order valence-electron chi connectivity index (χ1n) is 8.32. The van der Waals surface area contributed by atoms with Crippen molar-refractivity contribution in [3.8, 4) is 0 Å². The maximum absolute atomic E-state index is 12.9. The van der Waals surface area contributed by atoms with Crippen LogP contribution in [0, 0.1) is 0 Å². The molecule has 2 unspecified atom stereocenters. The van der Waals surface area contributed by atoms with Gasteiger partial charge < -0.3 is 14.8 Å². The fraction of sp³-hybridized carbons (Fsp3) is 0.444. The van der Waals surface area contributed by atoms with E-state index < -0.39 is 35.1 Å². The zero-order chi connectivity index (χ0) is 20.4. The van der Waals surface area contributed by atoms with Crippen LogP contribution in [0.25, 0.3) is 0 Å². The van der Waals surface area contributed by atoms with E-state index in [1.54, 1.807) is 20.8 Å². The van der Waals surface area contributed by atoms with Crippen LogP contribution in [0.2, 0.25) is 10.0 Å². The number of halogens is 2. The number of hydrogen-bond donors (Lipinski definition) is 1. The number of amides is 1. The lowest BCUT2D eigenvalue weighted by Gasteiger charge is -2.31. The first-order chi connectivity index (χ1) is 12.7. The maximum atomic E-state index is 12.9. The van der Waals surface area contributed by atoms with Crippen molar-refractivity contribution in [1.29, 1.82) is 0 Å². The van der Waals surface area contributed by atoms with Crippen LogP contribution in [0.3, 0.4) is 0 Å². The summed E-state index contributed by atoms with van der Waals surface area (Å²) in [4.78, 5) is 48.9. The first kappa shape index (κ1) is 21.2. The molecule has 1 aromatic carbocycles. The number of ketones is 1. The summed E-state index contributed by atoms with van der Waals surface area (Å²) in [5, 5.41) is 2.80. The van der Waals surface area contributed by atoms with E-state index in [0.717, 1.165) is 0 Å². The molecule has 9 heteroatoms. The highest BCUT2D eigenvalue weighted by Crippen LogP contribution is 2.46. The smallest absolute Gasteiger partial charge is 0.396 e. The Morgan fingerprint density at radius 3 is 2.37 bits per heavy atom. The molecule has 0 radical (unpaired) electrons. The van der Waals surface area contributed by atoms with Crippen LogP contribution in [-0.4, -0.2) is 42.9 Å². The van der Waals surface area contributed by atoms with Crippen molar-refractivity contribution in [3.05, 3.63) is 33.3 Å². The number of Topliss-reactive ketones (excluding diaryl/α,β-unsaturated/α-hetero) is 1. The number of carbonyl (C=O) groups excluding carboxylic acids is 4. The summed E-state index contributed by atoms with van der Waals surface area (Å²) in [6.45, 7) is 4.97. The second kappa shape index (κ2) is 8.27. The molecular formula is C18H19Cl2NO6. The minimum atomic E-state index is -1.22. The Bertz CT molecular complexity index is 809. The normalized spacial score (nSPS) is 20.8. The molecule has 0 saturated heterocycles. The van der Waals surface area contributed by atoms with Crippen LogP contribution < -0.4 is 5.32 Å². The summed E-state index contributed by atoms with van der Waals surface area (Å²) >= 11 is 12.3. The largest absolute Gasteiger partial charge is 0.466 e. The molecule has 146 valence electrons. The van der Waals surface area contributed by atoms with E-state index in [4.69, 9.17) is 27.9 Å². The number of fused-ring (bicyclic) bond motifs is 1. The molecule has 0 fully saturated rings. The molecule has 0 heterocycles. The molecule has 1 aliphatic carbocycles. The highest BCUT2D eigenvalue weighted by atomic mass is 35.5. The number of ether oxygens (including phenoxy) is 2. The average molecular weight is 416 g/mol. The van der Waals surface area contributed by atoms with Crippen molar-refractivity contribution in [1.82, 2.24) is 5.32 Å². The summed E-state index contributed by atoms with van der Waals surface area (Å²) in [7, 11) is 0. The maximum Gasteiger partial charge on any atom is 0.396 e. The Labute approximate surface area is 166 Å². The predicted octanol–water partition coefficient (Wildman–Crippen LogP) is 2.45. The average Bonchev–Trinajstić information content (AvgIpc) is 2.76. The molecule has 1 aliphatic rings. The number of benzene rings is 1. The van der Waals surface area contributed by atoms with Crippen molar-refractivity contribution in [2.75, 3.05) is 13.2 Å². The monoisotopic (exact) mass is 415 g/mol. The molecule has 7 nitrogen and oxygen atoms in total. The summed E-state index contributed by atoms with van der Waals surface area (Å²) < 4.78 is 9.65. The second-order valence-corrected chi connectivity index (χ2v) is 7.04. The third-order valence-corrected chi connectivity index (χ3v) is 4.86. The van der Waals surface area contributed by atoms with Gasteiger partial charge in [0.05, 0.1) is 19.6 Å². The Morgan fingerprint density at radius 1 is 1.15 bits per heavy atom.